The fraction of sp³-hybridized carbons (Fsp3) is 0.333. The molecule has 2 rings (SSSR count). The van der Waals surface area contributed by atoms with Gasteiger partial charge in [-0.3, -0.25) is 9.59 Å². The number of hydrogen-bond donors (Lipinski definition) is 2. The molecule has 1 amide bonds. The summed E-state index contributed by atoms with van der Waals surface area (Å²) in [7, 11) is 0. The third-order valence-corrected chi connectivity index (χ3v) is 2.54. The van der Waals surface area contributed by atoms with Crippen molar-refractivity contribution in [2.24, 2.45) is 0 Å². The van der Waals surface area contributed by atoms with E-state index in [2.05, 4.69) is 5.32 Å². The molecule has 0 radical (unpaired) electrons. The summed E-state index contributed by atoms with van der Waals surface area (Å²) in [6.07, 6.45) is 0.678. The minimum Gasteiger partial charge on any atom is -0.493 e. The molecule has 0 aliphatic carbocycles. The minimum absolute atomic E-state index is 0.0110. The number of carbonyl (C=O) groups is 2. The summed E-state index contributed by atoms with van der Waals surface area (Å²) in [6.45, 7) is 0.672. The lowest BCUT2D eigenvalue weighted by atomic mass is 10.1. The lowest BCUT2D eigenvalue weighted by molar-refractivity contribution is -0.138. The molecule has 17 heavy (non-hydrogen) atoms. The minimum atomic E-state index is -0.970. The first-order valence-electron chi connectivity index (χ1n) is 5.42. The molecule has 0 bridgehead atoms. The lowest BCUT2D eigenvalue weighted by Gasteiger charge is -2.06. The van der Waals surface area contributed by atoms with Gasteiger partial charge in [0.1, 0.15) is 5.75 Å². The SMILES string of the molecule is O=C(O)CCC(=O)Nc1ccc2c(c1)CCO2. The number of ether oxygens (including phenoxy) is 1. The summed E-state index contributed by atoms with van der Waals surface area (Å²) in [5.41, 5.74) is 1.76. The van der Waals surface area contributed by atoms with Gasteiger partial charge >= 0.3 is 5.97 Å². The molecular weight excluding hydrogens is 222 g/mol. The molecule has 0 fully saturated rings. The molecule has 0 unspecified atom stereocenters. The van der Waals surface area contributed by atoms with Gasteiger partial charge in [-0.2, -0.15) is 0 Å². The first kappa shape index (κ1) is 11.4. The number of carbonyl (C=O) groups excluding carboxylic acids is 1. The zero-order valence-electron chi connectivity index (χ0n) is 9.23. The monoisotopic (exact) mass is 235 g/mol. The second-order valence-corrected chi connectivity index (χ2v) is 3.86. The van der Waals surface area contributed by atoms with Gasteiger partial charge < -0.3 is 15.2 Å². The van der Waals surface area contributed by atoms with Crippen LogP contribution < -0.4 is 10.1 Å². The van der Waals surface area contributed by atoms with Crippen LogP contribution in [0.3, 0.4) is 0 Å². The van der Waals surface area contributed by atoms with Gasteiger partial charge in [-0.15, -0.1) is 0 Å². The molecule has 1 heterocycles. The number of benzene rings is 1. The van der Waals surface area contributed by atoms with E-state index in [0.717, 1.165) is 17.7 Å². The maximum Gasteiger partial charge on any atom is 0.303 e. The Morgan fingerprint density at radius 2 is 2.18 bits per heavy atom. The summed E-state index contributed by atoms with van der Waals surface area (Å²) in [5.74, 6) is -0.401. The Bertz CT molecular complexity index is 456. The van der Waals surface area contributed by atoms with E-state index in [4.69, 9.17) is 9.84 Å². The highest BCUT2D eigenvalue weighted by molar-refractivity contribution is 5.92. The molecule has 5 heteroatoms. The van der Waals surface area contributed by atoms with Crippen molar-refractivity contribution in [2.45, 2.75) is 19.3 Å². The van der Waals surface area contributed by atoms with Crippen LogP contribution in [-0.4, -0.2) is 23.6 Å². The first-order chi connectivity index (χ1) is 8.15. The summed E-state index contributed by atoms with van der Waals surface area (Å²) in [6, 6.07) is 5.43. The predicted octanol–water partition coefficient (Wildman–Crippen LogP) is 1.42. The Kier molecular flexibility index (Phi) is 3.27. The number of hydrogen-bond acceptors (Lipinski definition) is 3. The number of aliphatic carboxylic acids is 1. The Morgan fingerprint density at radius 3 is 2.94 bits per heavy atom. The molecule has 0 aromatic heterocycles. The van der Waals surface area contributed by atoms with E-state index in [9.17, 15) is 9.59 Å². The van der Waals surface area contributed by atoms with E-state index in [-0.39, 0.29) is 18.7 Å². The Balaban J connectivity index is 1.95. The molecule has 1 aromatic carbocycles. The van der Waals surface area contributed by atoms with Gasteiger partial charge in [-0.05, 0) is 23.8 Å². The fourth-order valence-corrected chi connectivity index (χ4v) is 1.71. The largest absolute Gasteiger partial charge is 0.493 e. The van der Waals surface area contributed by atoms with Crippen LogP contribution in [0.25, 0.3) is 0 Å². The number of carboxylic acids is 1. The quantitative estimate of drug-likeness (QED) is 0.827. The highest BCUT2D eigenvalue weighted by Crippen LogP contribution is 2.27. The van der Waals surface area contributed by atoms with Gasteiger partial charge in [0, 0.05) is 18.5 Å². The molecule has 0 spiro atoms. The molecule has 1 aliphatic heterocycles. The summed E-state index contributed by atoms with van der Waals surface area (Å²) < 4.78 is 5.35. The van der Waals surface area contributed by atoms with Crippen LogP contribution in [-0.2, 0) is 16.0 Å². The number of rotatable bonds is 4. The normalized spacial score (nSPS) is 12.7. The average Bonchev–Trinajstić information content (AvgIpc) is 2.73. The zero-order valence-corrected chi connectivity index (χ0v) is 9.23. The van der Waals surface area contributed by atoms with E-state index >= 15 is 0 Å². The summed E-state index contributed by atoms with van der Waals surface area (Å²) in [4.78, 5) is 21.7. The molecule has 5 nitrogen and oxygen atoms in total. The second-order valence-electron chi connectivity index (χ2n) is 3.86. The maximum absolute atomic E-state index is 11.4. The van der Waals surface area contributed by atoms with Crippen molar-refractivity contribution in [3.05, 3.63) is 23.8 Å². The fourth-order valence-electron chi connectivity index (χ4n) is 1.71. The van der Waals surface area contributed by atoms with Gasteiger partial charge in [0.05, 0.1) is 13.0 Å². The Morgan fingerprint density at radius 1 is 1.35 bits per heavy atom. The van der Waals surface area contributed by atoms with Crippen LogP contribution in [0.4, 0.5) is 5.69 Å². The van der Waals surface area contributed by atoms with Crippen molar-refractivity contribution < 1.29 is 19.4 Å². The maximum atomic E-state index is 11.4. The van der Waals surface area contributed by atoms with Crippen LogP contribution in [0.1, 0.15) is 18.4 Å². The number of anilines is 1. The number of amides is 1. The molecule has 90 valence electrons. The molecule has 0 saturated heterocycles. The van der Waals surface area contributed by atoms with Gasteiger partial charge in [-0.1, -0.05) is 0 Å². The standard InChI is InChI=1S/C12H13NO4/c14-11(3-4-12(15)16)13-9-1-2-10-8(7-9)5-6-17-10/h1-2,7H,3-6H2,(H,13,14)(H,15,16). The van der Waals surface area contributed by atoms with E-state index in [0.29, 0.717) is 12.3 Å². The highest BCUT2D eigenvalue weighted by atomic mass is 16.5. The van der Waals surface area contributed by atoms with Gasteiger partial charge in [0.2, 0.25) is 5.91 Å². The number of carboxylic acid groups (broad SMARTS) is 1. The molecule has 1 aromatic rings. The molecule has 1 aliphatic rings. The first-order valence-corrected chi connectivity index (χ1v) is 5.42. The highest BCUT2D eigenvalue weighted by Gasteiger charge is 2.13. The Labute approximate surface area is 98.4 Å². The smallest absolute Gasteiger partial charge is 0.303 e. The van der Waals surface area contributed by atoms with Crippen molar-refractivity contribution >= 4 is 17.6 Å². The molecular formula is C12H13NO4. The van der Waals surface area contributed by atoms with Crippen LogP contribution in [0.15, 0.2) is 18.2 Å². The lowest BCUT2D eigenvalue weighted by Crippen LogP contribution is -2.13. The molecule has 0 saturated carbocycles. The van der Waals surface area contributed by atoms with Crippen LogP contribution >= 0.6 is 0 Å². The van der Waals surface area contributed by atoms with Crippen LogP contribution in [0, 0.1) is 0 Å². The van der Waals surface area contributed by atoms with E-state index in [1.165, 1.54) is 0 Å². The topological polar surface area (TPSA) is 75.6 Å². The zero-order chi connectivity index (χ0) is 12.3. The average molecular weight is 235 g/mol. The van der Waals surface area contributed by atoms with Crippen LogP contribution in [0.2, 0.25) is 0 Å². The van der Waals surface area contributed by atoms with Gasteiger partial charge in [-0.25, -0.2) is 0 Å². The van der Waals surface area contributed by atoms with E-state index in [1.807, 2.05) is 12.1 Å². The van der Waals surface area contributed by atoms with Gasteiger partial charge in [0.15, 0.2) is 0 Å². The van der Waals surface area contributed by atoms with Crippen molar-refractivity contribution in [2.75, 3.05) is 11.9 Å². The molecule has 2 N–H and O–H groups in total. The van der Waals surface area contributed by atoms with Crippen LogP contribution in [0.5, 0.6) is 5.75 Å². The molecule has 0 atom stereocenters. The number of fused-ring (bicyclic) bond motifs is 1. The van der Waals surface area contributed by atoms with Crippen molar-refractivity contribution in [3.8, 4) is 5.75 Å². The third-order valence-electron chi connectivity index (χ3n) is 2.54. The van der Waals surface area contributed by atoms with Gasteiger partial charge in [0.25, 0.3) is 0 Å². The third kappa shape index (κ3) is 2.96. The van der Waals surface area contributed by atoms with Crippen molar-refractivity contribution in [1.29, 1.82) is 0 Å². The predicted molar refractivity (Wildman–Crippen MR) is 61.1 cm³/mol. The summed E-state index contributed by atoms with van der Waals surface area (Å²) >= 11 is 0. The van der Waals surface area contributed by atoms with E-state index in [1.54, 1.807) is 6.07 Å². The van der Waals surface area contributed by atoms with Crippen molar-refractivity contribution in [3.63, 3.8) is 0 Å². The number of nitrogens with one attached hydrogen (secondary N) is 1. The van der Waals surface area contributed by atoms with E-state index < -0.39 is 5.97 Å². The Hall–Kier alpha value is -2.04. The second kappa shape index (κ2) is 4.86. The summed E-state index contributed by atoms with van der Waals surface area (Å²) in [5, 5.41) is 11.1. The van der Waals surface area contributed by atoms with Crippen molar-refractivity contribution in [1.82, 2.24) is 0 Å².